The van der Waals surface area contributed by atoms with Gasteiger partial charge in [-0.25, -0.2) is 0 Å². The van der Waals surface area contributed by atoms with E-state index in [0.29, 0.717) is 10.9 Å². The lowest BCUT2D eigenvalue weighted by molar-refractivity contribution is 0.659. The van der Waals surface area contributed by atoms with Gasteiger partial charge in [-0.1, -0.05) is 13.8 Å². The maximum Gasteiger partial charge on any atom is 0.250 e. The van der Waals surface area contributed by atoms with Crippen LogP contribution in [0.5, 0.6) is 0 Å². The van der Waals surface area contributed by atoms with Gasteiger partial charge in [0.1, 0.15) is 0 Å². The summed E-state index contributed by atoms with van der Waals surface area (Å²) >= 11 is 1.91. The van der Waals surface area contributed by atoms with E-state index < -0.39 is 0 Å². The topological polar surface area (TPSA) is 48.0 Å². The quantitative estimate of drug-likeness (QED) is 0.781. The molecule has 15 heavy (non-hydrogen) atoms. The standard InChI is InChI=1S/C11H18N2OS/c1-9(2)15-7-3-6-13-8-10(12)4-5-11(13)14/h4-5,8-9H,3,6-7,12H2,1-2H3. The Morgan fingerprint density at radius 3 is 2.87 bits per heavy atom. The highest BCUT2D eigenvalue weighted by Crippen LogP contribution is 2.10. The molecule has 0 aliphatic rings. The van der Waals surface area contributed by atoms with Crippen molar-refractivity contribution in [2.45, 2.75) is 32.1 Å². The molecule has 0 amide bonds. The lowest BCUT2D eigenvalue weighted by atomic mass is 10.4. The molecule has 1 aromatic rings. The number of anilines is 1. The average molecular weight is 226 g/mol. The van der Waals surface area contributed by atoms with Gasteiger partial charge in [-0.2, -0.15) is 11.8 Å². The Hall–Kier alpha value is -0.900. The first kappa shape index (κ1) is 12.2. The normalized spacial score (nSPS) is 10.9. The second-order valence-electron chi connectivity index (χ2n) is 3.77. The van der Waals surface area contributed by atoms with Gasteiger partial charge >= 0.3 is 0 Å². The summed E-state index contributed by atoms with van der Waals surface area (Å²) in [6, 6.07) is 3.16. The van der Waals surface area contributed by atoms with E-state index in [1.165, 1.54) is 6.07 Å². The molecule has 0 aliphatic heterocycles. The number of nitrogens with two attached hydrogens (primary N) is 1. The Labute approximate surface area is 94.7 Å². The molecule has 0 radical (unpaired) electrons. The van der Waals surface area contributed by atoms with Gasteiger partial charge in [0.05, 0.1) is 0 Å². The number of aromatic nitrogens is 1. The fraction of sp³-hybridized carbons (Fsp3) is 0.545. The number of hydrogen-bond acceptors (Lipinski definition) is 3. The van der Waals surface area contributed by atoms with Crippen molar-refractivity contribution < 1.29 is 0 Å². The Bertz CT molecular complexity index is 360. The van der Waals surface area contributed by atoms with Gasteiger partial charge < -0.3 is 10.3 Å². The molecule has 0 saturated carbocycles. The highest BCUT2D eigenvalue weighted by molar-refractivity contribution is 7.99. The second kappa shape index (κ2) is 5.85. The van der Waals surface area contributed by atoms with Crippen molar-refractivity contribution in [3.8, 4) is 0 Å². The molecule has 0 atom stereocenters. The molecule has 1 rings (SSSR count). The molecule has 0 bridgehead atoms. The van der Waals surface area contributed by atoms with Gasteiger partial charge in [-0.05, 0) is 23.5 Å². The maximum atomic E-state index is 11.4. The van der Waals surface area contributed by atoms with Crippen molar-refractivity contribution in [3.63, 3.8) is 0 Å². The Morgan fingerprint density at radius 1 is 1.47 bits per heavy atom. The fourth-order valence-electron chi connectivity index (χ4n) is 1.28. The van der Waals surface area contributed by atoms with Gasteiger partial charge in [0.15, 0.2) is 0 Å². The van der Waals surface area contributed by atoms with Crippen molar-refractivity contribution in [1.82, 2.24) is 4.57 Å². The third-order valence-corrected chi connectivity index (χ3v) is 3.19. The van der Waals surface area contributed by atoms with E-state index in [1.54, 1.807) is 16.8 Å². The lowest BCUT2D eigenvalue weighted by Gasteiger charge is -2.07. The molecule has 0 unspecified atom stereocenters. The molecule has 0 saturated heterocycles. The molecule has 0 spiro atoms. The van der Waals surface area contributed by atoms with Crippen LogP contribution in [0.4, 0.5) is 5.69 Å². The number of rotatable bonds is 5. The number of nitrogens with zero attached hydrogens (tertiary/aromatic N) is 1. The van der Waals surface area contributed by atoms with Gasteiger partial charge in [-0.15, -0.1) is 0 Å². The molecule has 0 fully saturated rings. The predicted octanol–water partition coefficient (Wildman–Crippen LogP) is 1.96. The van der Waals surface area contributed by atoms with E-state index in [2.05, 4.69) is 13.8 Å². The van der Waals surface area contributed by atoms with Crippen LogP contribution in [-0.2, 0) is 6.54 Å². The molecule has 4 heteroatoms. The number of hydrogen-bond donors (Lipinski definition) is 1. The van der Waals surface area contributed by atoms with Crippen molar-refractivity contribution >= 4 is 17.4 Å². The summed E-state index contributed by atoms with van der Waals surface area (Å²) < 4.78 is 1.68. The lowest BCUT2D eigenvalue weighted by Crippen LogP contribution is -2.19. The minimum atomic E-state index is 0.0266. The Morgan fingerprint density at radius 2 is 2.20 bits per heavy atom. The molecule has 1 aromatic heterocycles. The monoisotopic (exact) mass is 226 g/mol. The molecule has 0 aliphatic carbocycles. The minimum absolute atomic E-state index is 0.0266. The van der Waals surface area contributed by atoms with Crippen LogP contribution < -0.4 is 11.3 Å². The van der Waals surface area contributed by atoms with Crippen molar-refractivity contribution in [1.29, 1.82) is 0 Å². The predicted molar refractivity (Wildman–Crippen MR) is 67.3 cm³/mol. The van der Waals surface area contributed by atoms with Crippen molar-refractivity contribution in [3.05, 3.63) is 28.7 Å². The Balaban J connectivity index is 2.43. The molecule has 2 N–H and O–H groups in total. The third-order valence-electron chi connectivity index (χ3n) is 2.00. The van der Waals surface area contributed by atoms with Crippen LogP contribution >= 0.6 is 11.8 Å². The average Bonchev–Trinajstić information content (AvgIpc) is 2.17. The van der Waals surface area contributed by atoms with Crippen LogP contribution in [0.1, 0.15) is 20.3 Å². The fourth-order valence-corrected chi connectivity index (χ4v) is 2.05. The van der Waals surface area contributed by atoms with E-state index >= 15 is 0 Å². The van der Waals surface area contributed by atoms with Gasteiger partial charge in [0.25, 0.3) is 5.56 Å². The zero-order valence-electron chi connectivity index (χ0n) is 9.27. The number of aryl methyl sites for hydroxylation is 1. The van der Waals surface area contributed by atoms with E-state index in [0.717, 1.165) is 18.7 Å². The third kappa shape index (κ3) is 4.42. The number of nitrogen functional groups attached to an aromatic ring is 1. The largest absolute Gasteiger partial charge is 0.398 e. The van der Waals surface area contributed by atoms with E-state index in [1.807, 2.05) is 11.8 Å². The molecule has 1 heterocycles. The molecular formula is C11H18N2OS. The SMILES string of the molecule is CC(C)SCCCn1cc(N)ccc1=O. The number of thioether (sulfide) groups is 1. The maximum absolute atomic E-state index is 11.4. The van der Waals surface area contributed by atoms with Crippen molar-refractivity contribution in [2.24, 2.45) is 0 Å². The molecule has 3 nitrogen and oxygen atoms in total. The highest BCUT2D eigenvalue weighted by atomic mass is 32.2. The van der Waals surface area contributed by atoms with Crippen LogP contribution in [0, 0.1) is 0 Å². The molecular weight excluding hydrogens is 208 g/mol. The van der Waals surface area contributed by atoms with Crippen LogP contribution in [0.3, 0.4) is 0 Å². The highest BCUT2D eigenvalue weighted by Gasteiger charge is 1.98. The summed E-state index contributed by atoms with van der Waals surface area (Å²) in [4.78, 5) is 11.4. The first-order valence-electron chi connectivity index (χ1n) is 5.17. The summed E-state index contributed by atoms with van der Waals surface area (Å²) in [5.74, 6) is 1.08. The zero-order valence-corrected chi connectivity index (χ0v) is 10.1. The summed E-state index contributed by atoms with van der Waals surface area (Å²) in [6.07, 6.45) is 2.72. The number of pyridine rings is 1. The summed E-state index contributed by atoms with van der Waals surface area (Å²) in [5, 5.41) is 0.655. The van der Waals surface area contributed by atoms with Gasteiger partial charge in [-0.3, -0.25) is 4.79 Å². The van der Waals surface area contributed by atoms with E-state index in [4.69, 9.17) is 5.73 Å². The van der Waals surface area contributed by atoms with Crippen LogP contribution in [-0.4, -0.2) is 15.6 Å². The second-order valence-corrected chi connectivity index (χ2v) is 5.45. The van der Waals surface area contributed by atoms with Crippen molar-refractivity contribution in [2.75, 3.05) is 11.5 Å². The van der Waals surface area contributed by atoms with E-state index in [9.17, 15) is 4.79 Å². The molecule has 0 aromatic carbocycles. The van der Waals surface area contributed by atoms with Crippen LogP contribution in [0.15, 0.2) is 23.1 Å². The first-order chi connectivity index (χ1) is 7.09. The molecule has 84 valence electrons. The minimum Gasteiger partial charge on any atom is -0.398 e. The van der Waals surface area contributed by atoms with Gasteiger partial charge in [0, 0.05) is 24.5 Å². The summed E-state index contributed by atoms with van der Waals surface area (Å²) in [5.41, 5.74) is 6.29. The van der Waals surface area contributed by atoms with Gasteiger partial charge in [0.2, 0.25) is 0 Å². The first-order valence-corrected chi connectivity index (χ1v) is 6.22. The summed E-state index contributed by atoms with van der Waals surface area (Å²) in [7, 11) is 0. The Kier molecular flexibility index (Phi) is 4.75. The van der Waals surface area contributed by atoms with E-state index in [-0.39, 0.29) is 5.56 Å². The summed E-state index contributed by atoms with van der Waals surface area (Å²) in [6.45, 7) is 5.11. The van der Waals surface area contributed by atoms with Crippen LogP contribution in [0.2, 0.25) is 0 Å². The van der Waals surface area contributed by atoms with Crippen LogP contribution in [0.25, 0.3) is 0 Å². The zero-order chi connectivity index (χ0) is 11.3. The smallest absolute Gasteiger partial charge is 0.250 e.